The Morgan fingerprint density at radius 3 is 2.86 bits per heavy atom. The van der Waals surface area contributed by atoms with Crippen LogP contribution in [0.3, 0.4) is 0 Å². The fourth-order valence-corrected chi connectivity index (χ4v) is 3.08. The summed E-state index contributed by atoms with van der Waals surface area (Å²) in [6.45, 7) is 5.73. The van der Waals surface area contributed by atoms with Gasteiger partial charge in [-0.3, -0.25) is 4.79 Å². The van der Waals surface area contributed by atoms with Crippen molar-refractivity contribution in [1.29, 1.82) is 0 Å². The fourth-order valence-electron chi connectivity index (χ4n) is 2.88. The van der Waals surface area contributed by atoms with E-state index >= 15 is 0 Å². The Morgan fingerprint density at radius 1 is 1.38 bits per heavy atom. The first kappa shape index (κ1) is 16.1. The number of carbonyl (C=O) groups is 1. The van der Waals surface area contributed by atoms with E-state index in [0.29, 0.717) is 34.9 Å². The van der Waals surface area contributed by atoms with Crippen LogP contribution in [0, 0.1) is 11.8 Å². The molecule has 1 aromatic rings. The number of nitrogens with one attached hydrogen (secondary N) is 2. The minimum atomic E-state index is -0.183. The average molecular weight is 310 g/mol. The quantitative estimate of drug-likeness (QED) is 0.871. The lowest BCUT2D eigenvalue weighted by atomic mass is 9.80. The lowest BCUT2D eigenvalue weighted by molar-refractivity contribution is 0.0931. The highest BCUT2D eigenvalue weighted by atomic mass is 35.5. The molecule has 21 heavy (non-hydrogen) atoms. The molecule has 2 unspecified atom stereocenters. The van der Waals surface area contributed by atoms with E-state index in [1.165, 1.54) is 25.7 Å². The molecule has 1 amide bonds. The topological polar surface area (TPSA) is 54.0 Å². The summed E-state index contributed by atoms with van der Waals surface area (Å²) in [5.41, 5.74) is 0.304. The SMILES string of the molecule is CCNc1ccc(Cl)c(C(=O)NCC2CCCCC2C)n1. The van der Waals surface area contributed by atoms with E-state index in [1.807, 2.05) is 6.92 Å². The van der Waals surface area contributed by atoms with Crippen LogP contribution in [0.15, 0.2) is 12.1 Å². The Kier molecular flexibility index (Phi) is 5.85. The summed E-state index contributed by atoms with van der Waals surface area (Å²) in [5, 5.41) is 6.48. The Balaban J connectivity index is 1.97. The zero-order valence-corrected chi connectivity index (χ0v) is 13.5. The van der Waals surface area contributed by atoms with Crippen LogP contribution in [0.5, 0.6) is 0 Å². The van der Waals surface area contributed by atoms with Gasteiger partial charge in [-0.25, -0.2) is 4.98 Å². The maximum absolute atomic E-state index is 12.3. The predicted molar refractivity (Wildman–Crippen MR) is 86.9 cm³/mol. The van der Waals surface area contributed by atoms with Crippen LogP contribution in [0.1, 0.15) is 50.0 Å². The molecule has 2 N–H and O–H groups in total. The molecule has 116 valence electrons. The number of rotatable bonds is 5. The molecule has 1 aromatic heterocycles. The molecule has 1 saturated carbocycles. The highest BCUT2D eigenvalue weighted by molar-refractivity contribution is 6.33. The summed E-state index contributed by atoms with van der Waals surface area (Å²) < 4.78 is 0. The van der Waals surface area contributed by atoms with E-state index in [1.54, 1.807) is 12.1 Å². The van der Waals surface area contributed by atoms with E-state index < -0.39 is 0 Å². The van der Waals surface area contributed by atoms with Gasteiger partial charge in [0.1, 0.15) is 11.5 Å². The second-order valence-electron chi connectivity index (χ2n) is 5.79. The molecule has 5 heteroatoms. The number of pyridine rings is 1. The molecule has 0 aliphatic heterocycles. The van der Waals surface area contributed by atoms with Crippen molar-refractivity contribution in [1.82, 2.24) is 10.3 Å². The largest absolute Gasteiger partial charge is 0.370 e. The molecule has 0 bridgehead atoms. The van der Waals surface area contributed by atoms with Crippen LogP contribution in [0.2, 0.25) is 5.02 Å². The van der Waals surface area contributed by atoms with Crippen molar-refractivity contribution in [3.63, 3.8) is 0 Å². The molecule has 0 aromatic carbocycles. The first-order chi connectivity index (χ1) is 10.1. The van der Waals surface area contributed by atoms with Crippen LogP contribution in [-0.4, -0.2) is 24.0 Å². The molecule has 0 spiro atoms. The molecule has 4 nitrogen and oxygen atoms in total. The molecule has 0 saturated heterocycles. The first-order valence-electron chi connectivity index (χ1n) is 7.80. The Morgan fingerprint density at radius 2 is 2.14 bits per heavy atom. The van der Waals surface area contributed by atoms with Crippen molar-refractivity contribution in [2.45, 2.75) is 39.5 Å². The minimum Gasteiger partial charge on any atom is -0.370 e. The van der Waals surface area contributed by atoms with Crippen LogP contribution in [0.25, 0.3) is 0 Å². The van der Waals surface area contributed by atoms with Gasteiger partial charge >= 0.3 is 0 Å². The van der Waals surface area contributed by atoms with Crippen LogP contribution in [-0.2, 0) is 0 Å². The number of carbonyl (C=O) groups excluding carboxylic acids is 1. The van der Waals surface area contributed by atoms with Gasteiger partial charge in [-0.1, -0.05) is 37.8 Å². The second-order valence-corrected chi connectivity index (χ2v) is 6.20. The Bertz CT molecular complexity index is 492. The first-order valence-corrected chi connectivity index (χ1v) is 8.18. The number of nitrogens with zero attached hydrogens (tertiary/aromatic N) is 1. The number of aromatic nitrogens is 1. The molecular formula is C16H24ClN3O. The highest BCUT2D eigenvalue weighted by Crippen LogP contribution is 2.29. The second kappa shape index (κ2) is 7.64. The lowest BCUT2D eigenvalue weighted by Gasteiger charge is -2.28. The van der Waals surface area contributed by atoms with Crippen LogP contribution < -0.4 is 10.6 Å². The number of amides is 1. The Labute approximate surface area is 131 Å². The molecule has 2 rings (SSSR count). The normalized spacial score (nSPS) is 21.9. The third kappa shape index (κ3) is 4.34. The van der Waals surface area contributed by atoms with Crippen molar-refractivity contribution in [2.75, 3.05) is 18.4 Å². The van der Waals surface area contributed by atoms with E-state index in [4.69, 9.17) is 11.6 Å². The molecule has 2 atom stereocenters. The van der Waals surface area contributed by atoms with Gasteiger partial charge in [0, 0.05) is 13.1 Å². The number of hydrogen-bond acceptors (Lipinski definition) is 3. The molecule has 0 radical (unpaired) electrons. The van der Waals surface area contributed by atoms with Crippen LogP contribution >= 0.6 is 11.6 Å². The standard InChI is InChI=1S/C16H24ClN3O/c1-3-18-14-9-8-13(17)15(20-14)16(21)19-10-12-7-5-4-6-11(12)2/h8-9,11-12H,3-7,10H2,1-2H3,(H,18,20)(H,19,21). The van der Waals surface area contributed by atoms with Gasteiger partial charge in [0.05, 0.1) is 5.02 Å². The molecule has 1 heterocycles. The van der Waals surface area contributed by atoms with Gasteiger partial charge in [-0.15, -0.1) is 0 Å². The molecule has 1 aliphatic rings. The van der Waals surface area contributed by atoms with E-state index in [0.717, 1.165) is 6.54 Å². The zero-order valence-electron chi connectivity index (χ0n) is 12.8. The van der Waals surface area contributed by atoms with Gasteiger partial charge in [0.25, 0.3) is 5.91 Å². The minimum absolute atomic E-state index is 0.183. The fraction of sp³-hybridized carbons (Fsp3) is 0.625. The summed E-state index contributed by atoms with van der Waals surface area (Å²) >= 11 is 6.09. The summed E-state index contributed by atoms with van der Waals surface area (Å²) in [6, 6.07) is 3.50. The van der Waals surface area contributed by atoms with Gasteiger partial charge in [0.2, 0.25) is 0 Å². The number of anilines is 1. The van der Waals surface area contributed by atoms with E-state index in [2.05, 4.69) is 22.5 Å². The molecular weight excluding hydrogens is 286 g/mol. The monoisotopic (exact) mass is 309 g/mol. The summed E-state index contributed by atoms with van der Waals surface area (Å²) in [4.78, 5) is 16.6. The highest BCUT2D eigenvalue weighted by Gasteiger charge is 2.22. The van der Waals surface area contributed by atoms with Gasteiger partial charge in [0.15, 0.2) is 0 Å². The molecule has 1 aliphatic carbocycles. The summed E-state index contributed by atoms with van der Waals surface area (Å²) in [7, 11) is 0. The average Bonchev–Trinajstić information content (AvgIpc) is 2.48. The Hall–Kier alpha value is -1.29. The van der Waals surface area contributed by atoms with Gasteiger partial charge < -0.3 is 10.6 Å². The predicted octanol–water partition coefficient (Wildman–Crippen LogP) is 3.72. The van der Waals surface area contributed by atoms with Crippen molar-refractivity contribution < 1.29 is 4.79 Å². The van der Waals surface area contributed by atoms with Crippen molar-refractivity contribution in [3.05, 3.63) is 22.8 Å². The van der Waals surface area contributed by atoms with Crippen molar-refractivity contribution in [2.24, 2.45) is 11.8 Å². The van der Waals surface area contributed by atoms with Crippen LogP contribution in [0.4, 0.5) is 5.82 Å². The van der Waals surface area contributed by atoms with Gasteiger partial charge in [-0.2, -0.15) is 0 Å². The summed E-state index contributed by atoms with van der Waals surface area (Å²) in [5.74, 6) is 1.74. The third-order valence-corrected chi connectivity index (χ3v) is 4.54. The zero-order chi connectivity index (χ0) is 15.2. The lowest BCUT2D eigenvalue weighted by Crippen LogP contribution is -2.34. The maximum atomic E-state index is 12.3. The number of hydrogen-bond donors (Lipinski definition) is 2. The molecule has 1 fully saturated rings. The van der Waals surface area contributed by atoms with E-state index in [9.17, 15) is 4.79 Å². The third-order valence-electron chi connectivity index (χ3n) is 4.23. The van der Waals surface area contributed by atoms with Crippen molar-refractivity contribution in [3.8, 4) is 0 Å². The van der Waals surface area contributed by atoms with Gasteiger partial charge in [-0.05, 0) is 37.3 Å². The maximum Gasteiger partial charge on any atom is 0.271 e. The van der Waals surface area contributed by atoms with Crippen molar-refractivity contribution >= 4 is 23.3 Å². The number of halogens is 1. The summed E-state index contributed by atoms with van der Waals surface area (Å²) in [6.07, 6.45) is 5.03. The van der Waals surface area contributed by atoms with E-state index in [-0.39, 0.29) is 5.91 Å². The smallest absolute Gasteiger partial charge is 0.271 e.